The summed E-state index contributed by atoms with van der Waals surface area (Å²) in [7, 11) is -3.55. The van der Waals surface area contributed by atoms with Gasteiger partial charge in [-0.15, -0.1) is 0 Å². The molecule has 0 spiro atoms. The van der Waals surface area contributed by atoms with Crippen molar-refractivity contribution in [1.82, 2.24) is 14.5 Å². The minimum Gasteiger partial charge on any atom is -0.352 e. The van der Waals surface area contributed by atoms with E-state index in [2.05, 4.69) is 5.32 Å². The molecule has 7 nitrogen and oxygen atoms in total. The minimum absolute atomic E-state index is 0.0492. The van der Waals surface area contributed by atoms with Gasteiger partial charge in [-0.3, -0.25) is 9.59 Å². The molecule has 0 bridgehead atoms. The highest BCUT2D eigenvalue weighted by Crippen LogP contribution is 2.21. The molecule has 3 rings (SSSR count). The topological polar surface area (TPSA) is 86.8 Å². The molecule has 0 atom stereocenters. The fourth-order valence-electron chi connectivity index (χ4n) is 3.39. The molecule has 2 fully saturated rings. The van der Waals surface area contributed by atoms with E-state index in [0.717, 1.165) is 38.8 Å². The van der Waals surface area contributed by atoms with E-state index in [1.54, 1.807) is 12.1 Å². The fraction of sp³-hybridized carbons (Fsp3) is 0.556. The first-order chi connectivity index (χ1) is 12.5. The van der Waals surface area contributed by atoms with Gasteiger partial charge in [0.2, 0.25) is 15.9 Å². The second kappa shape index (κ2) is 8.18. The molecule has 2 heterocycles. The summed E-state index contributed by atoms with van der Waals surface area (Å²) in [5.41, 5.74) is 0.291. The number of rotatable bonds is 6. The zero-order valence-corrected chi connectivity index (χ0v) is 15.6. The predicted molar refractivity (Wildman–Crippen MR) is 97.2 cm³/mol. The van der Waals surface area contributed by atoms with Crippen molar-refractivity contribution in [2.24, 2.45) is 0 Å². The Morgan fingerprint density at radius 1 is 1.00 bits per heavy atom. The summed E-state index contributed by atoms with van der Waals surface area (Å²) < 4.78 is 26.7. The molecule has 0 radical (unpaired) electrons. The van der Waals surface area contributed by atoms with Gasteiger partial charge in [0.05, 0.1) is 4.90 Å². The summed E-state index contributed by atoms with van der Waals surface area (Å²) in [6.07, 6.45) is 4.07. The lowest BCUT2D eigenvalue weighted by molar-refractivity contribution is -0.129. The number of nitrogens with one attached hydrogen (secondary N) is 1. The Bertz CT molecular complexity index is 766. The van der Waals surface area contributed by atoms with Gasteiger partial charge < -0.3 is 10.2 Å². The lowest BCUT2D eigenvalue weighted by Crippen LogP contribution is -2.33. The molecule has 2 amide bonds. The average molecular weight is 379 g/mol. The van der Waals surface area contributed by atoms with Gasteiger partial charge in [-0.25, -0.2) is 8.42 Å². The number of nitrogens with zero attached hydrogens (tertiary/aromatic N) is 2. The Hall–Kier alpha value is -1.93. The number of benzene rings is 1. The molecule has 0 aromatic heterocycles. The molecule has 1 aromatic carbocycles. The first kappa shape index (κ1) is 18.8. The number of hydrogen-bond acceptors (Lipinski definition) is 4. The highest BCUT2D eigenvalue weighted by Gasteiger charge is 2.27. The Kier molecular flexibility index (Phi) is 5.93. The van der Waals surface area contributed by atoms with E-state index in [1.807, 2.05) is 4.90 Å². The Balaban J connectivity index is 1.58. The summed E-state index contributed by atoms with van der Waals surface area (Å²) in [5.74, 6) is -0.314. The summed E-state index contributed by atoms with van der Waals surface area (Å²) in [4.78, 5) is 26.2. The van der Waals surface area contributed by atoms with E-state index in [9.17, 15) is 18.0 Å². The number of carbonyl (C=O) groups is 2. The maximum Gasteiger partial charge on any atom is 0.251 e. The second-order valence-corrected chi connectivity index (χ2v) is 8.67. The Morgan fingerprint density at radius 2 is 1.65 bits per heavy atom. The molecule has 0 saturated carbocycles. The normalized spacial score (nSPS) is 18.2. The molecular formula is C18H25N3O4S. The van der Waals surface area contributed by atoms with Crippen molar-refractivity contribution in [1.29, 1.82) is 0 Å². The monoisotopic (exact) mass is 379 g/mol. The number of hydrogen-bond donors (Lipinski definition) is 1. The Labute approximate surface area is 154 Å². The Morgan fingerprint density at radius 3 is 2.35 bits per heavy atom. The van der Waals surface area contributed by atoms with Crippen molar-refractivity contribution in [2.75, 3.05) is 32.7 Å². The minimum atomic E-state index is -3.55. The SMILES string of the molecule is O=C(NCCC(=O)N1CCCC1)c1cccc(S(=O)(=O)N2CCCC2)c1. The molecule has 1 N–H and O–H groups in total. The summed E-state index contributed by atoms with van der Waals surface area (Å²) in [5, 5.41) is 2.71. The third-order valence-corrected chi connectivity index (χ3v) is 6.78. The number of carbonyl (C=O) groups excluding carboxylic acids is 2. The van der Waals surface area contributed by atoms with Crippen molar-refractivity contribution < 1.29 is 18.0 Å². The van der Waals surface area contributed by atoms with Crippen LogP contribution in [0, 0.1) is 0 Å². The number of likely N-dealkylation sites (tertiary alicyclic amines) is 1. The standard InChI is InChI=1S/C18H25N3O4S/c22-17(20-10-1-2-11-20)8-9-19-18(23)15-6-5-7-16(14-15)26(24,25)21-12-3-4-13-21/h5-7,14H,1-4,8-13H2,(H,19,23). The molecule has 0 unspecified atom stereocenters. The van der Waals surface area contributed by atoms with E-state index < -0.39 is 10.0 Å². The lowest BCUT2D eigenvalue weighted by Gasteiger charge is -2.16. The third kappa shape index (κ3) is 4.24. The first-order valence-corrected chi connectivity index (χ1v) is 10.6. The predicted octanol–water partition coefficient (Wildman–Crippen LogP) is 1.21. The van der Waals surface area contributed by atoms with Gasteiger partial charge in [0.15, 0.2) is 0 Å². The summed E-state index contributed by atoms with van der Waals surface area (Å²) in [6.45, 7) is 2.89. The van der Waals surface area contributed by atoms with Gasteiger partial charge in [0, 0.05) is 44.7 Å². The van der Waals surface area contributed by atoms with Crippen LogP contribution in [-0.4, -0.2) is 62.2 Å². The van der Waals surface area contributed by atoms with Gasteiger partial charge >= 0.3 is 0 Å². The van der Waals surface area contributed by atoms with Gasteiger partial charge in [-0.2, -0.15) is 4.31 Å². The van der Waals surface area contributed by atoms with Gasteiger partial charge in [0.25, 0.3) is 5.91 Å². The van der Waals surface area contributed by atoms with E-state index in [0.29, 0.717) is 18.7 Å². The number of sulfonamides is 1. The maximum atomic E-state index is 12.6. The fourth-order valence-corrected chi connectivity index (χ4v) is 4.95. The highest BCUT2D eigenvalue weighted by atomic mass is 32.2. The van der Waals surface area contributed by atoms with Crippen molar-refractivity contribution in [3.8, 4) is 0 Å². The average Bonchev–Trinajstić information content (AvgIpc) is 3.35. The molecule has 8 heteroatoms. The molecule has 1 aromatic rings. The van der Waals surface area contributed by atoms with Gasteiger partial charge in [-0.1, -0.05) is 6.07 Å². The molecule has 2 aliphatic rings. The van der Waals surface area contributed by atoms with Crippen LogP contribution in [0.2, 0.25) is 0 Å². The largest absolute Gasteiger partial charge is 0.352 e. The van der Waals surface area contributed by atoms with Crippen LogP contribution in [-0.2, 0) is 14.8 Å². The van der Waals surface area contributed by atoms with Crippen LogP contribution in [0.25, 0.3) is 0 Å². The van der Waals surface area contributed by atoms with E-state index in [1.165, 1.54) is 16.4 Å². The molecular weight excluding hydrogens is 354 g/mol. The molecule has 0 aliphatic carbocycles. The quantitative estimate of drug-likeness (QED) is 0.805. The first-order valence-electron chi connectivity index (χ1n) is 9.15. The van der Waals surface area contributed by atoms with Crippen LogP contribution >= 0.6 is 0 Å². The third-order valence-electron chi connectivity index (χ3n) is 4.88. The zero-order chi connectivity index (χ0) is 18.6. The molecule has 2 saturated heterocycles. The van der Waals surface area contributed by atoms with E-state index >= 15 is 0 Å². The van der Waals surface area contributed by atoms with Crippen molar-refractivity contribution in [3.63, 3.8) is 0 Å². The van der Waals surface area contributed by atoms with Crippen LogP contribution in [0.5, 0.6) is 0 Å². The summed E-state index contributed by atoms with van der Waals surface area (Å²) >= 11 is 0. The highest BCUT2D eigenvalue weighted by molar-refractivity contribution is 7.89. The van der Waals surface area contributed by atoms with E-state index in [4.69, 9.17) is 0 Å². The summed E-state index contributed by atoms with van der Waals surface area (Å²) in [6, 6.07) is 6.08. The lowest BCUT2D eigenvalue weighted by atomic mass is 10.2. The van der Waals surface area contributed by atoms with Crippen molar-refractivity contribution in [3.05, 3.63) is 29.8 Å². The number of amides is 2. The molecule has 2 aliphatic heterocycles. The maximum absolute atomic E-state index is 12.6. The van der Waals surface area contributed by atoms with Crippen LogP contribution in [0.15, 0.2) is 29.2 Å². The van der Waals surface area contributed by atoms with Gasteiger partial charge in [-0.05, 0) is 43.9 Å². The van der Waals surface area contributed by atoms with Crippen molar-refractivity contribution in [2.45, 2.75) is 37.0 Å². The zero-order valence-electron chi connectivity index (χ0n) is 14.8. The smallest absolute Gasteiger partial charge is 0.251 e. The van der Waals surface area contributed by atoms with Gasteiger partial charge in [0.1, 0.15) is 0 Å². The van der Waals surface area contributed by atoms with Crippen molar-refractivity contribution >= 4 is 21.8 Å². The molecule has 142 valence electrons. The van der Waals surface area contributed by atoms with Crippen LogP contribution < -0.4 is 5.32 Å². The van der Waals surface area contributed by atoms with Crippen LogP contribution in [0.1, 0.15) is 42.5 Å². The molecule has 26 heavy (non-hydrogen) atoms. The van der Waals surface area contributed by atoms with E-state index in [-0.39, 0.29) is 29.7 Å². The van der Waals surface area contributed by atoms with Crippen LogP contribution in [0.4, 0.5) is 0 Å². The second-order valence-electron chi connectivity index (χ2n) is 6.73. The van der Waals surface area contributed by atoms with Crippen LogP contribution in [0.3, 0.4) is 0 Å².